The van der Waals surface area contributed by atoms with E-state index in [1.807, 2.05) is 12.3 Å². The van der Waals surface area contributed by atoms with E-state index in [1.165, 1.54) is 11.1 Å². The highest BCUT2D eigenvalue weighted by atomic mass is 16.5. The minimum atomic E-state index is 0.650. The molecule has 3 nitrogen and oxygen atoms in total. The van der Waals surface area contributed by atoms with Crippen molar-refractivity contribution in [1.82, 2.24) is 9.97 Å². The van der Waals surface area contributed by atoms with Gasteiger partial charge >= 0.3 is 0 Å². The van der Waals surface area contributed by atoms with E-state index < -0.39 is 0 Å². The zero-order valence-corrected chi connectivity index (χ0v) is 10.2. The predicted octanol–water partition coefficient (Wildman–Crippen LogP) is 3.38. The first-order valence-electron chi connectivity index (χ1n) is 5.88. The maximum atomic E-state index is 5.11. The second-order valence-corrected chi connectivity index (χ2v) is 4.28. The number of hydrogen-bond donors (Lipinski definition) is 1. The van der Waals surface area contributed by atoms with Crippen molar-refractivity contribution >= 4 is 10.9 Å². The standard InChI is InChI=1S/C15H14N2O/c1-18-10-11-2-4-12(5-3-11)15-8-13-9-16-7-6-14(13)17-15/h2-9,17H,10H2,1H3. The number of aromatic amines is 1. The lowest BCUT2D eigenvalue weighted by molar-refractivity contribution is 0.185. The van der Waals surface area contributed by atoms with E-state index in [0.29, 0.717) is 6.61 Å². The van der Waals surface area contributed by atoms with Crippen molar-refractivity contribution in [1.29, 1.82) is 0 Å². The Hall–Kier alpha value is -2.13. The van der Waals surface area contributed by atoms with Crippen molar-refractivity contribution in [3.05, 3.63) is 54.4 Å². The van der Waals surface area contributed by atoms with Crippen LogP contribution in [-0.4, -0.2) is 17.1 Å². The molecular weight excluding hydrogens is 224 g/mol. The Morgan fingerprint density at radius 3 is 2.72 bits per heavy atom. The first-order valence-corrected chi connectivity index (χ1v) is 5.88. The number of benzene rings is 1. The quantitative estimate of drug-likeness (QED) is 0.759. The molecule has 0 aliphatic carbocycles. The van der Waals surface area contributed by atoms with Gasteiger partial charge in [0.25, 0.3) is 0 Å². The van der Waals surface area contributed by atoms with Crippen molar-refractivity contribution < 1.29 is 4.74 Å². The van der Waals surface area contributed by atoms with Crippen molar-refractivity contribution in [2.24, 2.45) is 0 Å². The van der Waals surface area contributed by atoms with Gasteiger partial charge in [-0.1, -0.05) is 24.3 Å². The van der Waals surface area contributed by atoms with Crippen LogP contribution in [0, 0.1) is 0 Å². The molecule has 2 heterocycles. The molecule has 0 radical (unpaired) electrons. The predicted molar refractivity (Wildman–Crippen MR) is 72.2 cm³/mol. The number of methoxy groups -OCH3 is 1. The largest absolute Gasteiger partial charge is 0.380 e. The summed E-state index contributed by atoms with van der Waals surface area (Å²) >= 11 is 0. The first-order chi connectivity index (χ1) is 8.86. The molecule has 3 aromatic rings. The van der Waals surface area contributed by atoms with Gasteiger partial charge in [0, 0.05) is 36.1 Å². The minimum Gasteiger partial charge on any atom is -0.380 e. The molecule has 1 N–H and O–H groups in total. The second kappa shape index (κ2) is 4.63. The molecule has 3 heteroatoms. The second-order valence-electron chi connectivity index (χ2n) is 4.28. The molecule has 0 atom stereocenters. The van der Waals surface area contributed by atoms with Crippen LogP contribution < -0.4 is 0 Å². The van der Waals surface area contributed by atoms with Gasteiger partial charge < -0.3 is 9.72 Å². The average Bonchev–Trinajstić information content (AvgIpc) is 2.84. The third kappa shape index (κ3) is 2.00. The molecular formula is C15H14N2O. The van der Waals surface area contributed by atoms with Crippen LogP contribution in [0.3, 0.4) is 0 Å². The van der Waals surface area contributed by atoms with Crippen molar-refractivity contribution in [2.45, 2.75) is 6.61 Å². The fraction of sp³-hybridized carbons (Fsp3) is 0.133. The number of pyridine rings is 1. The molecule has 0 bridgehead atoms. The Bertz CT molecular complexity index is 623. The summed E-state index contributed by atoms with van der Waals surface area (Å²) in [7, 11) is 1.71. The van der Waals surface area contributed by atoms with Crippen LogP contribution in [0.25, 0.3) is 22.2 Å². The molecule has 0 fully saturated rings. The van der Waals surface area contributed by atoms with Gasteiger partial charge in [0.15, 0.2) is 0 Å². The van der Waals surface area contributed by atoms with E-state index in [-0.39, 0.29) is 0 Å². The van der Waals surface area contributed by atoms with Gasteiger partial charge in [-0.15, -0.1) is 0 Å². The summed E-state index contributed by atoms with van der Waals surface area (Å²) in [5, 5.41) is 1.13. The lowest BCUT2D eigenvalue weighted by atomic mass is 10.1. The summed E-state index contributed by atoms with van der Waals surface area (Å²) in [5.74, 6) is 0. The zero-order valence-electron chi connectivity index (χ0n) is 10.2. The maximum Gasteiger partial charge on any atom is 0.0713 e. The van der Waals surface area contributed by atoms with E-state index in [0.717, 1.165) is 16.6 Å². The summed E-state index contributed by atoms with van der Waals surface area (Å²) in [5.41, 5.74) is 4.58. The smallest absolute Gasteiger partial charge is 0.0713 e. The molecule has 0 unspecified atom stereocenters. The van der Waals surface area contributed by atoms with E-state index in [4.69, 9.17) is 4.74 Å². The van der Waals surface area contributed by atoms with Gasteiger partial charge in [0.05, 0.1) is 6.61 Å². The Balaban J connectivity index is 1.98. The van der Waals surface area contributed by atoms with Gasteiger partial charge in [-0.25, -0.2) is 0 Å². The van der Waals surface area contributed by atoms with Crippen LogP contribution in [0.2, 0.25) is 0 Å². The van der Waals surface area contributed by atoms with Gasteiger partial charge in [0.2, 0.25) is 0 Å². The van der Waals surface area contributed by atoms with E-state index >= 15 is 0 Å². The van der Waals surface area contributed by atoms with Crippen LogP contribution in [0.4, 0.5) is 0 Å². The van der Waals surface area contributed by atoms with Gasteiger partial charge in [-0.3, -0.25) is 4.98 Å². The molecule has 0 aliphatic heterocycles. The molecule has 0 amide bonds. The molecule has 90 valence electrons. The topological polar surface area (TPSA) is 37.9 Å². The molecule has 1 aromatic carbocycles. The summed E-state index contributed by atoms with van der Waals surface area (Å²) < 4.78 is 5.11. The zero-order chi connectivity index (χ0) is 12.4. The number of fused-ring (bicyclic) bond motifs is 1. The first kappa shape index (κ1) is 11.0. The summed E-state index contributed by atoms with van der Waals surface area (Å²) in [6.07, 6.45) is 3.67. The average molecular weight is 238 g/mol. The van der Waals surface area contributed by atoms with E-state index in [2.05, 4.69) is 40.3 Å². The molecule has 18 heavy (non-hydrogen) atoms. The van der Waals surface area contributed by atoms with Crippen LogP contribution in [-0.2, 0) is 11.3 Å². The third-order valence-corrected chi connectivity index (χ3v) is 3.00. The summed E-state index contributed by atoms with van der Waals surface area (Å²) in [4.78, 5) is 7.51. The minimum absolute atomic E-state index is 0.650. The van der Waals surface area contributed by atoms with Gasteiger partial charge in [-0.2, -0.15) is 0 Å². The van der Waals surface area contributed by atoms with Crippen molar-refractivity contribution in [3.63, 3.8) is 0 Å². The van der Waals surface area contributed by atoms with Crippen LogP contribution in [0.5, 0.6) is 0 Å². The highest BCUT2D eigenvalue weighted by Gasteiger charge is 2.03. The lowest BCUT2D eigenvalue weighted by Gasteiger charge is -2.01. The van der Waals surface area contributed by atoms with E-state index in [1.54, 1.807) is 13.3 Å². The van der Waals surface area contributed by atoms with Gasteiger partial charge in [-0.05, 0) is 23.3 Å². The number of aromatic nitrogens is 2. The highest BCUT2D eigenvalue weighted by molar-refractivity contribution is 5.84. The Kier molecular flexibility index (Phi) is 2.82. The van der Waals surface area contributed by atoms with Crippen LogP contribution in [0.1, 0.15) is 5.56 Å². The lowest BCUT2D eigenvalue weighted by Crippen LogP contribution is -1.86. The normalized spacial score (nSPS) is 10.9. The van der Waals surface area contributed by atoms with Gasteiger partial charge in [0.1, 0.15) is 0 Å². The Morgan fingerprint density at radius 1 is 1.17 bits per heavy atom. The van der Waals surface area contributed by atoms with Crippen LogP contribution >= 0.6 is 0 Å². The van der Waals surface area contributed by atoms with Crippen molar-refractivity contribution in [2.75, 3.05) is 7.11 Å². The highest BCUT2D eigenvalue weighted by Crippen LogP contribution is 2.23. The molecule has 0 spiro atoms. The number of H-pyrrole nitrogens is 1. The Labute approximate surface area is 105 Å². The van der Waals surface area contributed by atoms with Crippen molar-refractivity contribution in [3.8, 4) is 11.3 Å². The van der Waals surface area contributed by atoms with Crippen LogP contribution in [0.15, 0.2) is 48.8 Å². The number of hydrogen-bond acceptors (Lipinski definition) is 2. The molecule has 0 saturated carbocycles. The molecule has 0 aliphatic rings. The summed E-state index contributed by atoms with van der Waals surface area (Å²) in [6.45, 7) is 0.650. The number of rotatable bonds is 3. The molecule has 2 aromatic heterocycles. The fourth-order valence-corrected chi connectivity index (χ4v) is 2.07. The Morgan fingerprint density at radius 2 is 2.00 bits per heavy atom. The molecule has 3 rings (SSSR count). The number of ether oxygens (including phenoxy) is 1. The monoisotopic (exact) mass is 238 g/mol. The maximum absolute atomic E-state index is 5.11. The fourth-order valence-electron chi connectivity index (χ4n) is 2.07. The third-order valence-electron chi connectivity index (χ3n) is 3.00. The SMILES string of the molecule is COCc1ccc(-c2cc3cnccc3[nH]2)cc1. The number of nitrogens with zero attached hydrogens (tertiary/aromatic N) is 1. The van der Waals surface area contributed by atoms with E-state index in [9.17, 15) is 0 Å². The molecule has 0 saturated heterocycles. The summed E-state index contributed by atoms with van der Waals surface area (Å²) in [6, 6.07) is 12.5. The number of nitrogens with one attached hydrogen (secondary N) is 1.